The molecule has 0 N–H and O–H groups in total. The van der Waals surface area contributed by atoms with Crippen LogP contribution in [0.3, 0.4) is 0 Å². The summed E-state index contributed by atoms with van der Waals surface area (Å²) in [5, 5.41) is 8.10. The van der Waals surface area contributed by atoms with Gasteiger partial charge in [-0.3, -0.25) is 4.90 Å². The number of aromatic nitrogens is 3. The third-order valence-corrected chi connectivity index (χ3v) is 5.27. The van der Waals surface area contributed by atoms with Crippen molar-refractivity contribution in [2.24, 2.45) is 0 Å². The first-order chi connectivity index (χ1) is 13.7. The molecule has 0 spiro atoms. The van der Waals surface area contributed by atoms with Crippen LogP contribution in [0.4, 0.5) is 0 Å². The number of benzene rings is 1. The van der Waals surface area contributed by atoms with Crippen molar-refractivity contribution in [2.75, 3.05) is 19.7 Å². The Kier molecular flexibility index (Phi) is 5.83. The summed E-state index contributed by atoms with van der Waals surface area (Å²) in [6.07, 6.45) is 3.02. The maximum Gasteiger partial charge on any atom is 0.257 e. The lowest BCUT2D eigenvalue weighted by Gasteiger charge is -2.31. The number of nitrogens with zero attached hydrogens (tertiary/aromatic N) is 4. The third kappa shape index (κ3) is 4.48. The summed E-state index contributed by atoms with van der Waals surface area (Å²) >= 11 is 0. The van der Waals surface area contributed by atoms with Gasteiger partial charge in [-0.25, -0.2) is 0 Å². The first kappa shape index (κ1) is 18.8. The molecule has 1 aromatic carbocycles. The molecule has 2 aromatic heterocycles. The van der Waals surface area contributed by atoms with Crippen molar-refractivity contribution in [2.45, 2.75) is 45.8 Å². The van der Waals surface area contributed by atoms with E-state index in [1.807, 2.05) is 44.2 Å². The van der Waals surface area contributed by atoms with Gasteiger partial charge in [-0.05, 0) is 38.8 Å². The predicted molar refractivity (Wildman–Crippen MR) is 104 cm³/mol. The minimum Gasteiger partial charge on any atom is -0.378 e. The van der Waals surface area contributed by atoms with Gasteiger partial charge in [-0.2, -0.15) is 4.98 Å². The van der Waals surface area contributed by atoms with E-state index in [4.69, 9.17) is 13.8 Å². The summed E-state index contributed by atoms with van der Waals surface area (Å²) < 4.78 is 16.7. The molecule has 28 heavy (non-hydrogen) atoms. The standard InChI is InChI=1S/C21H26N4O3/c1-15-19(16(2)27-23-15)14-25-11-8-18(9-12-25)26-13-10-20-22-21(28-24-20)17-6-4-3-5-7-17/h3-7,18H,8-14H2,1-2H3. The molecular weight excluding hydrogens is 356 g/mol. The summed E-state index contributed by atoms with van der Waals surface area (Å²) in [4.78, 5) is 6.89. The van der Waals surface area contributed by atoms with Gasteiger partial charge in [0.25, 0.3) is 5.89 Å². The Bertz CT molecular complexity index is 863. The highest BCUT2D eigenvalue weighted by molar-refractivity contribution is 5.51. The monoisotopic (exact) mass is 382 g/mol. The maximum absolute atomic E-state index is 6.05. The first-order valence-electron chi connectivity index (χ1n) is 9.83. The number of hydrogen-bond acceptors (Lipinski definition) is 7. The average molecular weight is 382 g/mol. The summed E-state index contributed by atoms with van der Waals surface area (Å²) in [5.74, 6) is 2.17. The molecule has 4 rings (SSSR count). The molecule has 1 aliphatic heterocycles. The van der Waals surface area contributed by atoms with Crippen LogP contribution in [-0.2, 0) is 17.7 Å². The molecule has 1 fully saturated rings. The Labute approximate surface area is 164 Å². The van der Waals surface area contributed by atoms with Crippen molar-refractivity contribution in [3.05, 3.63) is 53.2 Å². The van der Waals surface area contributed by atoms with Gasteiger partial charge in [0, 0.05) is 37.2 Å². The minimum atomic E-state index is 0.293. The van der Waals surface area contributed by atoms with E-state index in [9.17, 15) is 0 Å². The lowest BCUT2D eigenvalue weighted by Crippen LogP contribution is -2.37. The van der Waals surface area contributed by atoms with Crippen molar-refractivity contribution in [1.82, 2.24) is 20.2 Å². The maximum atomic E-state index is 6.05. The molecule has 0 aliphatic carbocycles. The molecule has 148 valence electrons. The van der Waals surface area contributed by atoms with Gasteiger partial charge in [0.2, 0.25) is 0 Å². The number of hydrogen-bond donors (Lipinski definition) is 0. The number of piperidine rings is 1. The molecule has 0 bridgehead atoms. The third-order valence-electron chi connectivity index (χ3n) is 5.27. The van der Waals surface area contributed by atoms with Crippen LogP contribution in [0.1, 0.15) is 35.7 Å². The van der Waals surface area contributed by atoms with Crippen LogP contribution in [0.5, 0.6) is 0 Å². The zero-order valence-electron chi connectivity index (χ0n) is 16.4. The van der Waals surface area contributed by atoms with Crippen LogP contribution in [0, 0.1) is 13.8 Å². The van der Waals surface area contributed by atoms with Gasteiger partial charge in [-0.1, -0.05) is 28.5 Å². The van der Waals surface area contributed by atoms with Gasteiger partial charge >= 0.3 is 0 Å². The average Bonchev–Trinajstić information content (AvgIpc) is 3.32. The van der Waals surface area contributed by atoms with Crippen LogP contribution in [0.25, 0.3) is 11.5 Å². The van der Waals surface area contributed by atoms with Crippen LogP contribution >= 0.6 is 0 Å². The van der Waals surface area contributed by atoms with Crippen LogP contribution in [0.2, 0.25) is 0 Å². The topological polar surface area (TPSA) is 77.4 Å². The highest BCUT2D eigenvalue weighted by Crippen LogP contribution is 2.20. The van der Waals surface area contributed by atoms with Gasteiger partial charge < -0.3 is 13.8 Å². The highest BCUT2D eigenvalue weighted by Gasteiger charge is 2.22. The lowest BCUT2D eigenvalue weighted by molar-refractivity contribution is 0.00667. The fourth-order valence-corrected chi connectivity index (χ4v) is 3.56. The second-order valence-corrected chi connectivity index (χ2v) is 7.28. The molecule has 1 aliphatic rings. The molecule has 7 nitrogen and oxygen atoms in total. The number of aryl methyl sites for hydroxylation is 2. The number of rotatable bonds is 7. The Morgan fingerprint density at radius 3 is 2.57 bits per heavy atom. The minimum absolute atomic E-state index is 0.293. The largest absolute Gasteiger partial charge is 0.378 e. The first-order valence-corrected chi connectivity index (χ1v) is 9.83. The second kappa shape index (κ2) is 8.67. The van der Waals surface area contributed by atoms with Crippen LogP contribution in [0.15, 0.2) is 39.4 Å². The Morgan fingerprint density at radius 1 is 1.07 bits per heavy atom. The smallest absolute Gasteiger partial charge is 0.257 e. The zero-order valence-corrected chi connectivity index (χ0v) is 16.4. The van der Waals surface area contributed by atoms with Crippen LogP contribution < -0.4 is 0 Å². The summed E-state index contributed by atoms with van der Waals surface area (Å²) in [6, 6.07) is 9.81. The van der Waals surface area contributed by atoms with Crippen molar-refractivity contribution >= 4 is 0 Å². The zero-order chi connectivity index (χ0) is 19.3. The molecule has 0 radical (unpaired) electrons. The van der Waals surface area contributed by atoms with Gasteiger partial charge in [0.1, 0.15) is 5.76 Å². The van der Waals surface area contributed by atoms with Crippen molar-refractivity contribution < 1.29 is 13.8 Å². The van der Waals surface area contributed by atoms with Crippen molar-refractivity contribution in [1.29, 1.82) is 0 Å². The predicted octanol–water partition coefficient (Wildman–Crippen LogP) is 3.57. The van der Waals surface area contributed by atoms with Crippen LogP contribution in [-0.4, -0.2) is 46.0 Å². The van der Waals surface area contributed by atoms with Gasteiger partial charge in [0.05, 0.1) is 18.4 Å². The molecule has 3 aromatic rings. The normalized spacial score (nSPS) is 15.9. The van der Waals surface area contributed by atoms with E-state index in [-0.39, 0.29) is 0 Å². The molecule has 7 heteroatoms. The number of ether oxygens (including phenoxy) is 1. The SMILES string of the molecule is Cc1noc(C)c1CN1CCC(OCCc2noc(-c3ccccc3)n2)CC1. The van der Waals surface area contributed by atoms with E-state index < -0.39 is 0 Å². The second-order valence-electron chi connectivity index (χ2n) is 7.28. The quantitative estimate of drug-likeness (QED) is 0.618. The number of likely N-dealkylation sites (tertiary alicyclic amines) is 1. The summed E-state index contributed by atoms with van der Waals surface area (Å²) in [6.45, 7) is 7.54. The highest BCUT2D eigenvalue weighted by atomic mass is 16.5. The summed E-state index contributed by atoms with van der Waals surface area (Å²) in [7, 11) is 0. The van der Waals surface area contributed by atoms with Gasteiger partial charge in [-0.15, -0.1) is 0 Å². The molecule has 0 atom stereocenters. The molecule has 0 unspecified atom stereocenters. The Morgan fingerprint density at radius 2 is 1.86 bits per heavy atom. The fourth-order valence-electron chi connectivity index (χ4n) is 3.56. The van der Waals surface area contributed by atoms with Crippen molar-refractivity contribution in [3.63, 3.8) is 0 Å². The summed E-state index contributed by atoms with van der Waals surface area (Å²) in [5.41, 5.74) is 3.14. The van der Waals surface area contributed by atoms with E-state index in [1.54, 1.807) is 0 Å². The molecule has 1 saturated heterocycles. The van der Waals surface area contributed by atoms with E-state index in [0.717, 1.165) is 49.5 Å². The molecule has 3 heterocycles. The molecular formula is C21H26N4O3. The van der Waals surface area contributed by atoms with E-state index >= 15 is 0 Å². The van der Waals surface area contributed by atoms with Gasteiger partial charge in [0.15, 0.2) is 5.82 Å². The molecule has 0 amide bonds. The van der Waals surface area contributed by atoms with E-state index in [2.05, 4.69) is 20.2 Å². The Balaban J connectivity index is 1.19. The Hall–Kier alpha value is -2.51. The van der Waals surface area contributed by atoms with E-state index in [0.29, 0.717) is 30.8 Å². The molecule has 0 saturated carbocycles. The van der Waals surface area contributed by atoms with Crippen molar-refractivity contribution in [3.8, 4) is 11.5 Å². The van der Waals surface area contributed by atoms with E-state index in [1.165, 1.54) is 5.56 Å². The lowest BCUT2D eigenvalue weighted by atomic mass is 10.1. The fraction of sp³-hybridized carbons (Fsp3) is 0.476.